The molecule has 2 atom stereocenters. The van der Waals surface area contributed by atoms with E-state index in [0.717, 1.165) is 18.4 Å². The van der Waals surface area contributed by atoms with Crippen LogP contribution in [0.2, 0.25) is 0 Å². The van der Waals surface area contributed by atoms with Crippen molar-refractivity contribution in [1.82, 2.24) is 5.43 Å². The Labute approximate surface area is 107 Å². The van der Waals surface area contributed by atoms with Gasteiger partial charge in [0.2, 0.25) is 0 Å². The molecule has 0 fully saturated rings. The molecule has 1 rings (SSSR count). The number of ether oxygens (including phenoxy) is 2. The van der Waals surface area contributed by atoms with Gasteiger partial charge in [-0.15, -0.1) is 0 Å². The third kappa shape index (κ3) is 3.94. The predicted molar refractivity (Wildman–Crippen MR) is 68.7 cm³/mol. The number of hydrazine groups is 1. The van der Waals surface area contributed by atoms with Crippen LogP contribution in [0, 0.1) is 5.82 Å². The van der Waals surface area contributed by atoms with Gasteiger partial charge in [-0.25, -0.2) is 4.39 Å². The van der Waals surface area contributed by atoms with E-state index < -0.39 is 0 Å². The summed E-state index contributed by atoms with van der Waals surface area (Å²) in [6.45, 7) is 1.98. The summed E-state index contributed by atoms with van der Waals surface area (Å²) >= 11 is 0. The summed E-state index contributed by atoms with van der Waals surface area (Å²) in [5, 5.41) is 0. The van der Waals surface area contributed by atoms with Crippen LogP contribution in [-0.2, 0) is 4.74 Å². The summed E-state index contributed by atoms with van der Waals surface area (Å²) in [5.41, 5.74) is 3.42. The monoisotopic (exact) mass is 256 g/mol. The lowest BCUT2D eigenvalue weighted by Gasteiger charge is -2.20. The first kappa shape index (κ1) is 14.9. The van der Waals surface area contributed by atoms with Crippen LogP contribution in [0.3, 0.4) is 0 Å². The first-order valence-corrected chi connectivity index (χ1v) is 5.94. The minimum Gasteiger partial charge on any atom is -0.496 e. The molecule has 5 heteroatoms. The van der Waals surface area contributed by atoms with E-state index in [1.165, 1.54) is 12.1 Å². The standard InChI is InChI=1S/C13H21FN2O2/c1-9(17-2)4-6-12(16-15)11-8-10(14)5-7-13(11)18-3/h5,7-9,12,16H,4,6,15H2,1-3H3. The largest absolute Gasteiger partial charge is 0.496 e. The first-order chi connectivity index (χ1) is 8.62. The van der Waals surface area contributed by atoms with Gasteiger partial charge in [-0.3, -0.25) is 11.3 Å². The van der Waals surface area contributed by atoms with Gasteiger partial charge in [-0.1, -0.05) is 0 Å². The molecule has 0 amide bonds. The molecule has 0 radical (unpaired) electrons. The third-order valence-corrected chi connectivity index (χ3v) is 3.03. The number of nitrogens with one attached hydrogen (secondary N) is 1. The molecule has 0 aliphatic carbocycles. The van der Waals surface area contributed by atoms with Crippen LogP contribution < -0.4 is 16.0 Å². The van der Waals surface area contributed by atoms with Crippen LogP contribution in [0.1, 0.15) is 31.4 Å². The fraction of sp³-hybridized carbons (Fsp3) is 0.538. The number of nitrogens with two attached hydrogens (primary N) is 1. The quantitative estimate of drug-likeness (QED) is 0.580. The van der Waals surface area contributed by atoms with E-state index in [4.69, 9.17) is 15.3 Å². The Kier molecular flexibility index (Phi) is 6.04. The summed E-state index contributed by atoms with van der Waals surface area (Å²) in [5.74, 6) is 5.87. The van der Waals surface area contributed by atoms with Gasteiger partial charge in [0.15, 0.2) is 0 Å². The second-order valence-corrected chi connectivity index (χ2v) is 4.23. The Bertz CT molecular complexity index is 374. The van der Waals surface area contributed by atoms with E-state index in [1.54, 1.807) is 20.3 Å². The molecule has 0 aromatic heterocycles. The lowest BCUT2D eigenvalue weighted by atomic mass is 10.00. The number of halogens is 1. The van der Waals surface area contributed by atoms with Crippen molar-refractivity contribution in [2.75, 3.05) is 14.2 Å². The van der Waals surface area contributed by atoms with Crippen LogP contribution in [0.15, 0.2) is 18.2 Å². The Morgan fingerprint density at radius 3 is 2.61 bits per heavy atom. The third-order valence-electron chi connectivity index (χ3n) is 3.03. The van der Waals surface area contributed by atoms with E-state index in [9.17, 15) is 4.39 Å². The zero-order valence-corrected chi connectivity index (χ0v) is 11.1. The molecule has 4 nitrogen and oxygen atoms in total. The van der Waals surface area contributed by atoms with Gasteiger partial charge < -0.3 is 9.47 Å². The molecule has 0 aliphatic rings. The molecule has 0 saturated heterocycles. The van der Waals surface area contributed by atoms with E-state index in [1.807, 2.05) is 6.92 Å². The maximum atomic E-state index is 13.3. The second kappa shape index (κ2) is 7.31. The molecule has 0 aliphatic heterocycles. The van der Waals surface area contributed by atoms with E-state index in [0.29, 0.717) is 5.75 Å². The minimum atomic E-state index is -0.300. The fourth-order valence-electron chi connectivity index (χ4n) is 1.83. The van der Waals surface area contributed by atoms with Crippen LogP contribution in [0.5, 0.6) is 5.75 Å². The number of methoxy groups -OCH3 is 2. The van der Waals surface area contributed by atoms with Crippen LogP contribution in [0.25, 0.3) is 0 Å². The topological polar surface area (TPSA) is 56.5 Å². The van der Waals surface area contributed by atoms with Gasteiger partial charge in [0.1, 0.15) is 11.6 Å². The van der Waals surface area contributed by atoms with Crippen LogP contribution in [0.4, 0.5) is 4.39 Å². The predicted octanol–water partition coefficient (Wildman–Crippen LogP) is 2.15. The minimum absolute atomic E-state index is 0.139. The van der Waals surface area contributed by atoms with Crippen molar-refractivity contribution >= 4 is 0 Å². The van der Waals surface area contributed by atoms with Crippen molar-refractivity contribution in [2.24, 2.45) is 5.84 Å². The Balaban J connectivity index is 2.83. The highest BCUT2D eigenvalue weighted by Gasteiger charge is 2.16. The molecular weight excluding hydrogens is 235 g/mol. The molecule has 0 heterocycles. The van der Waals surface area contributed by atoms with Crippen LogP contribution in [-0.4, -0.2) is 20.3 Å². The van der Waals surface area contributed by atoms with Gasteiger partial charge in [0.25, 0.3) is 0 Å². The molecule has 0 bridgehead atoms. The highest BCUT2D eigenvalue weighted by atomic mass is 19.1. The Morgan fingerprint density at radius 2 is 2.06 bits per heavy atom. The van der Waals surface area contributed by atoms with Crippen molar-refractivity contribution in [3.63, 3.8) is 0 Å². The number of rotatable bonds is 7. The second-order valence-electron chi connectivity index (χ2n) is 4.23. The smallest absolute Gasteiger partial charge is 0.123 e. The van der Waals surface area contributed by atoms with Crippen molar-refractivity contribution in [1.29, 1.82) is 0 Å². The molecule has 1 aromatic carbocycles. The van der Waals surface area contributed by atoms with Gasteiger partial charge >= 0.3 is 0 Å². The maximum Gasteiger partial charge on any atom is 0.123 e. The number of hydrogen-bond donors (Lipinski definition) is 2. The van der Waals surface area contributed by atoms with Crippen molar-refractivity contribution in [3.8, 4) is 5.75 Å². The molecule has 0 spiro atoms. The number of benzene rings is 1. The molecule has 0 saturated carbocycles. The Morgan fingerprint density at radius 1 is 1.33 bits per heavy atom. The lowest BCUT2D eigenvalue weighted by molar-refractivity contribution is 0.106. The van der Waals surface area contributed by atoms with Gasteiger partial charge in [0.05, 0.1) is 13.2 Å². The summed E-state index contributed by atoms with van der Waals surface area (Å²) in [6.07, 6.45) is 1.71. The van der Waals surface area contributed by atoms with E-state index >= 15 is 0 Å². The molecule has 102 valence electrons. The lowest BCUT2D eigenvalue weighted by Crippen LogP contribution is -2.29. The zero-order valence-electron chi connectivity index (χ0n) is 11.1. The Hall–Kier alpha value is -1.17. The highest BCUT2D eigenvalue weighted by Crippen LogP contribution is 2.28. The van der Waals surface area contributed by atoms with E-state index in [-0.39, 0.29) is 18.0 Å². The molecule has 18 heavy (non-hydrogen) atoms. The van der Waals surface area contributed by atoms with E-state index in [2.05, 4.69) is 5.43 Å². The van der Waals surface area contributed by atoms with Gasteiger partial charge in [0, 0.05) is 18.7 Å². The normalized spacial score (nSPS) is 14.3. The van der Waals surface area contributed by atoms with Crippen molar-refractivity contribution in [2.45, 2.75) is 31.9 Å². The van der Waals surface area contributed by atoms with Crippen LogP contribution >= 0.6 is 0 Å². The average Bonchev–Trinajstić information content (AvgIpc) is 2.39. The summed E-state index contributed by atoms with van der Waals surface area (Å²) < 4.78 is 23.7. The molecular formula is C13H21FN2O2. The molecule has 3 N–H and O–H groups in total. The van der Waals surface area contributed by atoms with Gasteiger partial charge in [-0.2, -0.15) is 0 Å². The first-order valence-electron chi connectivity index (χ1n) is 5.94. The SMILES string of the molecule is COc1ccc(F)cc1C(CCC(C)OC)NN. The number of hydrogen-bond acceptors (Lipinski definition) is 4. The summed E-state index contributed by atoms with van der Waals surface area (Å²) in [6, 6.07) is 4.26. The van der Waals surface area contributed by atoms with Crippen molar-refractivity contribution in [3.05, 3.63) is 29.6 Å². The molecule has 2 unspecified atom stereocenters. The summed E-state index contributed by atoms with van der Waals surface area (Å²) in [4.78, 5) is 0. The average molecular weight is 256 g/mol. The fourth-order valence-corrected chi connectivity index (χ4v) is 1.83. The highest BCUT2D eigenvalue weighted by molar-refractivity contribution is 5.36. The van der Waals surface area contributed by atoms with Crippen molar-refractivity contribution < 1.29 is 13.9 Å². The maximum absolute atomic E-state index is 13.3. The molecule has 1 aromatic rings. The zero-order chi connectivity index (χ0) is 13.5. The van der Waals surface area contributed by atoms with Gasteiger partial charge in [-0.05, 0) is 38.0 Å². The summed E-state index contributed by atoms with van der Waals surface area (Å²) in [7, 11) is 3.22.